The van der Waals surface area contributed by atoms with Crippen molar-refractivity contribution in [2.24, 2.45) is 0 Å². The molecule has 2 unspecified atom stereocenters. The zero-order valence-electron chi connectivity index (χ0n) is 12.0. The molecule has 0 saturated carbocycles. The minimum atomic E-state index is -0.494. The summed E-state index contributed by atoms with van der Waals surface area (Å²) >= 11 is 3.98. The molecule has 9 heteroatoms. The highest BCUT2D eigenvalue weighted by molar-refractivity contribution is 14.1. The van der Waals surface area contributed by atoms with E-state index in [2.05, 4.69) is 0 Å². The van der Waals surface area contributed by atoms with Crippen LogP contribution in [0.1, 0.15) is 19.0 Å². The summed E-state index contributed by atoms with van der Waals surface area (Å²) in [5, 5.41) is 21.3. The monoisotopic (exact) mass is 552 g/mol. The molecule has 2 atom stereocenters. The highest BCUT2D eigenvalue weighted by atomic mass is 127. The van der Waals surface area contributed by atoms with Crippen LogP contribution in [0.4, 0.5) is 11.4 Å². The van der Waals surface area contributed by atoms with Crippen LogP contribution in [-0.2, 0) is 4.79 Å². The Morgan fingerprint density at radius 3 is 1.29 bits per heavy atom. The summed E-state index contributed by atoms with van der Waals surface area (Å²) in [7, 11) is 0. The molecular formula is C15H10I2N2O5. The Labute approximate surface area is 164 Å². The molecule has 0 amide bonds. The second-order valence-electron chi connectivity index (χ2n) is 4.82. The second kappa shape index (κ2) is 7.96. The summed E-state index contributed by atoms with van der Waals surface area (Å²) in [6, 6.07) is 11.7. The summed E-state index contributed by atoms with van der Waals surface area (Å²) in [6.45, 7) is 0. The van der Waals surface area contributed by atoms with Crippen molar-refractivity contribution in [3.05, 3.63) is 79.9 Å². The number of Topliss-reactive ketones (excluding diaryl/α,β-unsaturated/α-hetero) is 1. The van der Waals surface area contributed by atoms with Gasteiger partial charge in [0.15, 0.2) is 5.78 Å². The molecule has 0 aliphatic carbocycles. The lowest BCUT2D eigenvalue weighted by molar-refractivity contribution is -0.385. The third-order valence-corrected chi connectivity index (χ3v) is 5.96. The average Bonchev–Trinajstić information content (AvgIpc) is 2.60. The maximum atomic E-state index is 12.6. The molecule has 0 aliphatic heterocycles. The highest BCUT2D eigenvalue weighted by Gasteiger charge is 2.26. The van der Waals surface area contributed by atoms with E-state index in [0.717, 1.165) is 0 Å². The Morgan fingerprint density at radius 2 is 1.04 bits per heavy atom. The number of ketones is 1. The average molecular weight is 552 g/mol. The van der Waals surface area contributed by atoms with Gasteiger partial charge in [0.2, 0.25) is 0 Å². The van der Waals surface area contributed by atoms with Gasteiger partial charge in [-0.05, 0) is 11.1 Å². The third kappa shape index (κ3) is 4.26. The molecule has 0 aliphatic rings. The lowest BCUT2D eigenvalue weighted by Crippen LogP contribution is -2.12. The maximum absolute atomic E-state index is 12.6. The van der Waals surface area contributed by atoms with Crippen molar-refractivity contribution in [3.63, 3.8) is 0 Å². The normalized spacial score (nSPS) is 13.1. The topological polar surface area (TPSA) is 103 Å². The first-order chi connectivity index (χ1) is 11.3. The van der Waals surface area contributed by atoms with Crippen LogP contribution in [0.15, 0.2) is 48.5 Å². The SMILES string of the molecule is O=C(C(I)c1ccc([N+](=O)[O-])cc1)C(I)c1ccc([N+](=O)[O-])cc1. The fourth-order valence-electron chi connectivity index (χ4n) is 1.99. The van der Waals surface area contributed by atoms with Crippen LogP contribution in [0, 0.1) is 20.2 Å². The fourth-order valence-corrected chi connectivity index (χ4v) is 4.22. The van der Waals surface area contributed by atoms with Gasteiger partial charge in [0.05, 0.1) is 17.7 Å². The van der Waals surface area contributed by atoms with Crippen molar-refractivity contribution >= 4 is 62.3 Å². The van der Waals surface area contributed by atoms with E-state index in [1.807, 2.05) is 45.2 Å². The Kier molecular flexibility index (Phi) is 6.21. The number of alkyl halides is 2. The molecule has 2 rings (SSSR count). The summed E-state index contributed by atoms with van der Waals surface area (Å²) in [4.78, 5) is 33.0. The van der Waals surface area contributed by atoms with Gasteiger partial charge in [0.25, 0.3) is 11.4 Å². The summed E-state index contributed by atoms with van der Waals surface area (Å²) in [5.74, 6) is -0.0843. The predicted molar refractivity (Wildman–Crippen MR) is 105 cm³/mol. The van der Waals surface area contributed by atoms with Gasteiger partial charge >= 0.3 is 0 Å². The standard InChI is InChI=1S/C15H10I2N2O5/c16-13(9-1-5-11(6-2-9)18(21)22)15(20)14(17)10-3-7-12(8-4-10)19(23)24/h1-8,13-14H. The second-order valence-corrected chi connectivity index (χ2v) is 7.32. The molecule has 2 aromatic rings. The van der Waals surface area contributed by atoms with Gasteiger partial charge in [-0.2, -0.15) is 0 Å². The molecule has 0 spiro atoms. The molecular weight excluding hydrogens is 542 g/mol. The minimum Gasteiger partial charge on any atom is -0.297 e. The van der Waals surface area contributed by atoms with Gasteiger partial charge in [-0.15, -0.1) is 0 Å². The number of hydrogen-bond donors (Lipinski definition) is 0. The van der Waals surface area contributed by atoms with Crippen molar-refractivity contribution in [1.29, 1.82) is 0 Å². The number of halogens is 2. The lowest BCUT2D eigenvalue weighted by atomic mass is 10.0. The number of nitro groups is 2. The largest absolute Gasteiger partial charge is 0.297 e. The van der Waals surface area contributed by atoms with E-state index in [1.165, 1.54) is 24.3 Å². The first-order valence-corrected chi connectivity index (χ1v) is 9.11. The molecule has 0 saturated heterocycles. The Hall–Kier alpha value is -1.63. The minimum absolute atomic E-state index is 0.0313. The van der Waals surface area contributed by atoms with Crippen LogP contribution in [0.25, 0.3) is 0 Å². The van der Waals surface area contributed by atoms with Gasteiger partial charge in [-0.1, -0.05) is 69.4 Å². The molecule has 0 N–H and O–H groups in total. The number of nitrogens with zero attached hydrogens (tertiary/aromatic N) is 2. The van der Waals surface area contributed by atoms with E-state index in [4.69, 9.17) is 0 Å². The first-order valence-electron chi connectivity index (χ1n) is 6.62. The smallest absolute Gasteiger partial charge is 0.269 e. The Bertz CT molecular complexity index is 712. The molecule has 24 heavy (non-hydrogen) atoms. The Morgan fingerprint density at radius 1 is 0.750 bits per heavy atom. The van der Waals surface area contributed by atoms with E-state index < -0.39 is 17.7 Å². The van der Waals surface area contributed by atoms with Crippen LogP contribution in [0.2, 0.25) is 0 Å². The van der Waals surface area contributed by atoms with Crippen LogP contribution >= 0.6 is 45.2 Å². The number of nitro benzene ring substituents is 2. The first kappa shape index (κ1) is 18.7. The summed E-state index contributed by atoms with van der Waals surface area (Å²) in [6.07, 6.45) is 0. The quantitative estimate of drug-likeness (QED) is 0.223. The molecule has 0 radical (unpaired) electrons. The van der Waals surface area contributed by atoms with Crippen LogP contribution in [0.5, 0.6) is 0 Å². The van der Waals surface area contributed by atoms with Crippen LogP contribution in [-0.4, -0.2) is 15.6 Å². The number of hydrogen-bond acceptors (Lipinski definition) is 5. The van der Waals surface area contributed by atoms with Crippen LogP contribution in [0.3, 0.4) is 0 Å². The molecule has 7 nitrogen and oxygen atoms in total. The number of non-ortho nitro benzene ring substituents is 2. The number of benzene rings is 2. The van der Waals surface area contributed by atoms with Crippen molar-refractivity contribution in [1.82, 2.24) is 0 Å². The van der Waals surface area contributed by atoms with E-state index in [1.54, 1.807) is 24.3 Å². The molecule has 2 aromatic carbocycles. The molecule has 124 valence electrons. The van der Waals surface area contributed by atoms with Gasteiger partial charge in [-0.25, -0.2) is 0 Å². The molecule has 0 heterocycles. The number of carbonyl (C=O) groups is 1. The lowest BCUT2D eigenvalue weighted by Gasteiger charge is -2.14. The van der Waals surface area contributed by atoms with Gasteiger partial charge in [0, 0.05) is 24.3 Å². The van der Waals surface area contributed by atoms with Gasteiger partial charge < -0.3 is 0 Å². The maximum Gasteiger partial charge on any atom is 0.269 e. The van der Waals surface area contributed by atoms with E-state index >= 15 is 0 Å². The zero-order chi connectivity index (χ0) is 17.9. The number of rotatable bonds is 6. The highest BCUT2D eigenvalue weighted by Crippen LogP contribution is 2.36. The van der Waals surface area contributed by atoms with Crippen molar-refractivity contribution in [2.45, 2.75) is 7.85 Å². The van der Waals surface area contributed by atoms with Gasteiger partial charge in [-0.3, -0.25) is 25.0 Å². The van der Waals surface area contributed by atoms with Crippen molar-refractivity contribution in [2.75, 3.05) is 0 Å². The van der Waals surface area contributed by atoms with E-state index in [-0.39, 0.29) is 17.2 Å². The Balaban J connectivity index is 2.16. The van der Waals surface area contributed by atoms with E-state index in [9.17, 15) is 25.0 Å². The summed E-state index contributed by atoms with van der Waals surface area (Å²) < 4.78 is -0.944. The van der Waals surface area contributed by atoms with E-state index in [0.29, 0.717) is 11.1 Å². The molecule has 0 bridgehead atoms. The fraction of sp³-hybridized carbons (Fsp3) is 0.133. The van der Waals surface area contributed by atoms with Crippen LogP contribution < -0.4 is 0 Å². The summed E-state index contributed by atoms with van der Waals surface area (Å²) in [5.41, 5.74) is 1.29. The molecule has 0 aromatic heterocycles. The molecule has 0 fully saturated rings. The predicted octanol–water partition coefficient (Wildman–Crippen LogP) is 4.72. The third-order valence-electron chi connectivity index (χ3n) is 3.29. The zero-order valence-corrected chi connectivity index (χ0v) is 16.3. The van der Waals surface area contributed by atoms with Gasteiger partial charge in [0.1, 0.15) is 0 Å². The number of carbonyl (C=O) groups excluding carboxylic acids is 1. The van der Waals surface area contributed by atoms with Crippen molar-refractivity contribution in [3.8, 4) is 0 Å². The van der Waals surface area contributed by atoms with Crippen molar-refractivity contribution < 1.29 is 14.6 Å².